The molecule has 0 aliphatic heterocycles. The summed E-state index contributed by atoms with van der Waals surface area (Å²) in [5, 5.41) is 39.7. The first-order valence-electron chi connectivity index (χ1n) is 11.6. The number of carboxylic acids is 4. The molecule has 4 aromatic rings. The van der Waals surface area contributed by atoms with Crippen LogP contribution < -0.4 is 27.7 Å². The number of anilines is 4. The van der Waals surface area contributed by atoms with Crippen molar-refractivity contribution in [2.45, 2.75) is 0 Å². The molecule has 0 saturated heterocycles. The van der Waals surface area contributed by atoms with Gasteiger partial charge in [0.05, 0.1) is 22.5 Å². The van der Waals surface area contributed by atoms with Gasteiger partial charge in [-0.2, -0.15) is 0 Å². The third kappa shape index (κ3) is 5.09. The van der Waals surface area contributed by atoms with Crippen molar-refractivity contribution in [1.82, 2.24) is 0 Å². The van der Waals surface area contributed by atoms with E-state index in [0.717, 1.165) is 12.1 Å². The van der Waals surface area contributed by atoms with Gasteiger partial charge in [-0.1, -0.05) is 24.3 Å². The highest BCUT2D eigenvalue weighted by molar-refractivity contribution is 6.07. The standard InChI is InChI=1S/C28H22N4O9/c29-11-1-3-13(17(9-11)25(33)34)15-5-7-19(31)23(21(15)27(37)38)41-24-20(32)8-6-16(22(24)28(39)40)14-4-2-12(30)10-18(14)26(35)36/h1-10H,29-32H2,(H,33,34)(H,35,36)(H,37,38)(H,39,40). The molecule has 208 valence electrons. The van der Waals surface area contributed by atoms with Crippen molar-refractivity contribution >= 4 is 46.6 Å². The Kier molecular flexibility index (Phi) is 7.11. The summed E-state index contributed by atoms with van der Waals surface area (Å²) in [6, 6.07) is 12.7. The van der Waals surface area contributed by atoms with Crippen molar-refractivity contribution in [3.05, 3.63) is 82.9 Å². The SMILES string of the molecule is Nc1ccc(-c2ccc(N)c(Oc3c(N)ccc(-c4ccc(N)cc4C(=O)O)c3C(=O)O)c2C(=O)O)c(C(=O)O)c1. The van der Waals surface area contributed by atoms with Gasteiger partial charge in [0.15, 0.2) is 11.5 Å². The van der Waals surface area contributed by atoms with Gasteiger partial charge < -0.3 is 48.1 Å². The second-order valence-electron chi connectivity index (χ2n) is 8.75. The Bertz CT molecular complexity index is 1650. The lowest BCUT2D eigenvalue weighted by Gasteiger charge is -2.20. The van der Waals surface area contributed by atoms with Gasteiger partial charge >= 0.3 is 23.9 Å². The zero-order valence-electron chi connectivity index (χ0n) is 20.9. The maximum absolute atomic E-state index is 12.5. The molecule has 0 aliphatic carbocycles. The Morgan fingerprint density at radius 2 is 0.829 bits per heavy atom. The summed E-state index contributed by atoms with van der Waals surface area (Å²) in [6.07, 6.45) is 0. The predicted molar refractivity (Wildman–Crippen MR) is 149 cm³/mol. The fourth-order valence-electron chi connectivity index (χ4n) is 4.34. The highest BCUT2D eigenvalue weighted by Gasteiger charge is 2.29. The maximum Gasteiger partial charge on any atom is 0.340 e. The maximum atomic E-state index is 12.5. The summed E-state index contributed by atoms with van der Waals surface area (Å²) >= 11 is 0. The molecular formula is C28H22N4O9. The van der Waals surface area contributed by atoms with E-state index in [2.05, 4.69) is 0 Å². The second-order valence-corrected chi connectivity index (χ2v) is 8.75. The largest absolute Gasteiger partial charge is 0.478 e. The third-order valence-electron chi connectivity index (χ3n) is 6.14. The van der Waals surface area contributed by atoms with Crippen LogP contribution in [0.2, 0.25) is 0 Å². The van der Waals surface area contributed by atoms with E-state index >= 15 is 0 Å². The van der Waals surface area contributed by atoms with Gasteiger partial charge in [0, 0.05) is 22.5 Å². The van der Waals surface area contributed by atoms with Crippen LogP contribution in [-0.2, 0) is 0 Å². The molecule has 0 spiro atoms. The second kappa shape index (κ2) is 10.5. The molecular weight excluding hydrogens is 536 g/mol. The van der Waals surface area contributed by atoms with Crippen molar-refractivity contribution in [3.8, 4) is 33.8 Å². The molecule has 0 atom stereocenters. The number of hydrogen-bond donors (Lipinski definition) is 8. The number of nitrogen functional groups attached to an aromatic ring is 4. The number of rotatable bonds is 8. The van der Waals surface area contributed by atoms with Crippen LogP contribution in [0.4, 0.5) is 22.7 Å². The van der Waals surface area contributed by atoms with Gasteiger partial charge in [-0.25, -0.2) is 19.2 Å². The van der Waals surface area contributed by atoms with Crippen molar-refractivity contribution in [2.75, 3.05) is 22.9 Å². The topological polar surface area (TPSA) is 263 Å². The van der Waals surface area contributed by atoms with Crippen LogP contribution in [0.5, 0.6) is 11.5 Å². The van der Waals surface area contributed by atoms with Crippen LogP contribution in [0.15, 0.2) is 60.7 Å². The molecule has 12 N–H and O–H groups in total. The van der Waals surface area contributed by atoms with Crippen LogP contribution in [0.1, 0.15) is 41.4 Å². The number of carbonyl (C=O) groups is 4. The van der Waals surface area contributed by atoms with Crippen LogP contribution in [-0.4, -0.2) is 44.3 Å². The Balaban J connectivity index is 2.02. The van der Waals surface area contributed by atoms with E-state index in [4.69, 9.17) is 27.7 Å². The third-order valence-corrected chi connectivity index (χ3v) is 6.14. The average molecular weight is 559 g/mol. The first-order valence-corrected chi connectivity index (χ1v) is 11.6. The molecule has 4 aromatic carbocycles. The van der Waals surface area contributed by atoms with Gasteiger partial charge in [-0.3, -0.25) is 0 Å². The molecule has 4 rings (SSSR count). The van der Waals surface area contributed by atoms with E-state index in [-0.39, 0.29) is 56.1 Å². The molecule has 0 fully saturated rings. The number of ether oxygens (including phenoxy) is 1. The minimum atomic E-state index is -1.58. The zero-order valence-corrected chi connectivity index (χ0v) is 20.9. The Labute approximate surface area is 230 Å². The van der Waals surface area contributed by atoms with E-state index < -0.39 is 46.5 Å². The summed E-state index contributed by atoms with van der Waals surface area (Å²) in [5.74, 6) is -6.96. The van der Waals surface area contributed by atoms with E-state index in [1.807, 2.05) is 0 Å². The van der Waals surface area contributed by atoms with Gasteiger partial charge in [0.2, 0.25) is 0 Å². The zero-order chi connectivity index (χ0) is 30.2. The van der Waals surface area contributed by atoms with Crippen molar-refractivity contribution in [3.63, 3.8) is 0 Å². The molecule has 0 bridgehead atoms. The lowest BCUT2D eigenvalue weighted by atomic mass is 9.93. The Morgan fingerprint density at radius 3 is 1.15 bits per heavy atom. The first-order chi connectivity index (χ1) is 19.3. The Hall–Kier alpha value is -6.24. The summed E-state index contributed by atoms with van der Waals surface area (Å²) in [7, 11) is 0. The molecule has 0 saturated carbocycles. The number of aromatic carboxylic acids is 4. The minimum absolute atomic E-state index is 0.0258. The van der Waals surface area contributed by atoms with Crippen LogP contribution in [0.3, 0.4) is 0 Å². The molecule has 0 aliphatic rings. The van der Waals surface area contributed by atoms with Crippen LogP contribution in [0.25, 0.3) is 22.3 Å². The smallest absolute Gasteiger partial charge is 0.340 e. The number of hydrogen-bond acceptors (Lipinski definition) is 9. The number of nitrogens with two attached hydrogens (primary N) is 4. The Morgan fingerprint density at radius 1 is 0.488 bits per heavy atom. The summed E-state index contributed by atoms with van der Waals surface area (Å²) in [4.78, 5) is 48.9. The summed E-state index contributed by atoms with van der Waals surface area (Å²) in [5.41, 5.74) is 21.3. The lowest BCUT2D eigenvalue weighted by molar-refractivity contribution is 0.0680. The normalized spacial score (nSPS) is 10.6. The van der Waals surface area contributed by atoms with Gasteiger partial charge in [0.1, 0.15) is 11.1 Å². The van der Waals surface area contributed by atoms with Crippen LogP contribution >= 0.6 is 0 Å². The average Bonchev–Trinajstić information content (AvgIpc) is 2.90. The van der Waals surface area contributed by atoms with Gasteiger partial charge in [-0.05, 0) is 47.5 Å². The molecule has 0 heterocycles. The summed E-state index contributed by atoms with van der Waals surface area (Å²) < 4.78 is 5.84. The van der Waals surface area contributed by atoms with Gasteiger partial charge in [-0.15, -0.1) is 0 Å². The predicted octanol–water partition coefficient (Wildman–Crippen LogP) is 3.93. The fourth-order valence-corrected chi connectivity index (χ4v) is 4.34. The quantitative estimate of drug-likeness (QED) is 0.143. The van der Waals surface area contributed by atoms with Crippen molar-refractivity contribution in [1.29, 1.82) is 0 Å². The first kappa shape index (κ1) is 27.8. The van der Waals surface area contributed by atoms with Crippen molar-refractivity contribution in [2.24, 2.45) is 0 Å². The molecule has 0 amide bonds. The number of carboxylic acid groups (broad SMARTS) is 4. The van der Waals surface area contributed by atoms with E-state index in [1.165, 1.54) is 48.5 Å². The lowest BCUT2D eigenvalue weighted by Crippen LogP contribution is -2.11. The van der Waals surface area contributed by atoms with E-state index in [0.29, 0.717) is 0 Å². The van der Waals surface area contributed by atoms with Crippen LogP contribution in [0, 0.1) is 0 Å². The van der Waals surface area contributed by atoms with E-state index in [9.17, 15) is 39.6 Å². The van der Waals surface area contributed by atoms with Crippen molar-refractivity contribution < 1.29 is 44.3 Å². The monoisotopic (exact) mass is 558 g/mol. The molecule has 13 heteroatoms. The molecule has 41 heavy (non-hydrogen) atoms. The van der Waals surface area contributed by atoms with Gasteiger partial charge in [0.25, 0.3) is 0 Å². The minimum Gasteiger partial charge on any atom is -0.478 e. The molecule has 13 nitrogen and oxygen atoms in total. The summed E-state index contributed by atoms with van der Waals surface area (Å²) in [6.45, 7) is 0. The molecule has 0 unspecified atom stereocenters. The number of benzene rings is 4. The molecule has 0 aromatic heterocycles. The highest BCUT2D eigenvalue weighted by Crippen LogP contribution is 2.44. The highest BCUT2D eigenvalue weighted by atomic mass is 16.5. The van der Waals surface area contributed by atoms with E-state index in [1.54, 1.807) is 0 Å². The molecule has 0 radical (unpaired) electrons. The fraction of sp³-hybridized carbons (Fsp3) is 0.